The zero-order chi connectivity index (χ0) is 19.9. The zero-order valence-electron chi connectivity index (χ0n) is 17.1. The van der Waals surface area contributed by atoms with Crippen LogP contribution in [0.15, 0.2) is 18.2 Å². The van der Waals surface area contributed by atoms with E-state index in [0.717, 1.165) is 37.7 Å². The molecule has 0 aliphatic carbocycles. The van der Waals surface area contributed by atoms with E-state index in [-0.39, 0.29) is 5.75 Å². The maximum atomic E-state index is 12.0. The number of rotatable bonds is 16. The van der Waals surface area contributed by atoms with Crippen molar-refractivity contribution in [1.29, 1.82) is 0 Å². The van der Waals surface area contributed by atoms with E-state index in [1.54, 1.807) is 12.1 Å². The van der Waals surface area contributed by atoms with Gasteiger partial charge < -0.3 is 9.84 Å². The van der Waals surface area contributed by atoms with Crippen LogP contribution >= 0.6 is 0 Å². The summed E-state index contributed by atoms with van der Waals surface area (Å²) < 4.78 is 5.09. The van der Waals surface area contributed by atoms with Gasteiger partial charge in [-0.3, -0.25) is 9.59 Å². The molecule has 0 aromatic heterocycles. The van der Waals surface area contributed by atoms with Crippen molar-refractivity contribution >= 4 is 11.6 Å². The Morgan fingerprint density at radius 2 is 1.41 bits per heavy atom. The molecule has 0 atom stereocenters. The van der Waals surface area contributed by atoms with Gasteiger partial charge in [-0.05, 0) is 37.0 Å². The van der Waals surface area contributed by atoms with Crippen molar-refractivity contribution in [2.24, 2.45) is 0 Å². The van der Waals surface area contributed by atoms with E-state index >= 15 is 0 Å². The summed E-state index contributed by atoms with van der Waals surface area (Å²) in [7, 11) is 1.53. The van der Waals surface area contributed by atoms with Crippen molar-refractivity contribution in [2.75, 3.05) is 7.11 Å². The molecule has 1 aromatic carbocycles. The summed E-state index contributed by atoms with van der Waals surface area (Å²) in [6.45, 7) is 1.93. The Kier molecular flexibility index (Phi) is 12.2. The molecular weight excluding hydrogens is 340 g/mol. The predicted molar refractivity (Wildman–Crippen MR) is 109 cm³/mol. The number of phenolic OH excluding ortho intramolecular Hbond substituents is 1. The second-order valence-electron chi connectivity index (χ2n) is 7.27. The molecule has 0 aliphatic rings. The number of hydrogen-bond acceptors (Lipinski definition) is 4. The minimum atomic E-state index is 0.127. The van der Waals surface area contributed by atoms with Crippen LogP contribution in [0.5, 0.6) is 11.5 Å². The minimum Gasteiger partial charge on any atom is -0.504 e. The lowest BCUT2D eigenvalue weighted by atomic mass is 10.0. The highest BCUT2D eigenvalue weighted by Crippen LogP contribution is 2.26. The summed E-state index contributed by atoms with van der Waals surface area (Å²) in [5.41, 5.74) is 1.01. The first kappa shape index (κ1) is 23.2. The number of ether oxygens (including phenoxy) is 1. The molecule has 152 valence electrons. The first-order valence-corrected chi connectivity index (χ1v) is 10.5. The first-order valence-electron chi connectivity index (χ1n) is 10.5. The Hall–Kier alpha value is -1.84. The molecule has 0 radical (unpaired) electrons. The van der Waals surface area contributed by atoms with Gasteiger partial charge in [0.2, 0.25) is 0 Å². The second kappa shape index (κ2) is 14.2. The fourth-order valence-corrected chi connectivity index (χ4v) is 3.17. The molecule has 1 N–H and O–H groups in total. The van der Waals surface area contributed by atoms with E-state index in [1.807, 2.05) is 13.0 Å². The van der Waals surface area contributed by atoms with Crippen LogP contribution < -0.4 is 4.74 Å². The Bertz CT molecular complexity index is 565. The lowest BCUT2D eigenvalue weighted by molar-refractivity contribution is -0.119. The fourth-order valence-electron chi connectivity index (χ4n) is 3.17. The van der Waals surface area contributed by atoms with Crippen LogP contribution in [0.1, 0.15) is 89.5 Å². The van der Waals surface area contributed by atoms with Gasteiger partial charge in [-0.25, -0.2) is 0 Å². The van der Waals surface area contributed by atoms with Crippen molar-refractivity contribution in [3.8, 4) is 11.5 Å². The number of aromatic hydroxyl groups is 1. The molecule has 0 fully saturated rings. The van der Waals surface area contributed by atoms with Gasteiger partial charge in [0.15, 0.2) is 11.5 Å². The van der Waals surface area contributed by atoms with Gasteiger partial charge in [-0.2, -0.15) is 0 Å². The maximum absolute atomic E-state index is 12.0. The lowest BCUT2D eigenvalue weighted by Gasteiger charge is -2.06. The van der Waals surface area contributed by atoms with Gasteiger partial charge in [0, 0.05) is 25.7 Å². The molecule has 4 nitrogen and oxygen atoms in total. The first-order chi connectivity index (χ1) is 13.1. The Morgan fingerprint density at radius 3 is 1.96 bits per heavy atom. The number of methoxy groups -OCH3 is 1. The predicted octanol–water partition coefficient (Wildman–Crippen LogP) is 5.78. The molecule has 0 unspecified atom stereocenters. The molecule has 0 saturated heterocycles. The average molecular weight is 377 g/mol. The third-order valence-electron chi connectivity index (χ3n) is 4.99. The second-order valence-corrected chi connectivity index (χ2v) is 7.27. The van der Waals surface area contributed by atoms with Crippen molar-refractivity contribution in [1.82, 2.24) is 0 Å². The highest BCUT2D eigenvalue weighted by Gasteiger charge is 2.06. The Balaban J connectivity index is 1.99. The molecular formula is C23H36O4. The van der Waals surface area contributed by atoms with Crippen molar-refractivity contribution in [2.45, 2.75) is 90.4 Å². The SMILES string of the molecule is CCC(=O)CCCCCCCCCCC(=O)CCc1ccc(O)c(OC)c1. The number of benzene rings is 1. The number of ketones is 2. The Morgan fingerprint density at radius 1 is 0.852 bits per heavy atom. The molecule has 27 heavy (non-hydrogen) atoms. The third kappa shape index (κ3) is 10.8. The lowest BCUT2D eigenvalue weighted by Crippen LogP contribution is -2.00. The van der Waals surface area contributed by atoms with Crippen LogP contribution in [0.4, 0.5) is 0 Å². The number of phenols is 1. The molecule has 4 heteroatoms. The number of unbranched alkanes of at least 4 members (excludes halogenated alkanes) is 7. The van der Waals surface area contributed by atoms with Gasteiger partial charge in [0.25, 0.3) is 0 Å². The molecule has 0 amide bonds. The van der Waals surface area contributed by atoms with Crippen LogP contribution in [-0.2, 0) is 16.0 Å². The third-order valence-corrected chi connectivity index (χ3v) is 4.99. The van der Waals surface area contributed by atoms with Gasteiger partial charge >= 0.3 is 0 Å². The molecule has 0 spiro atoms. The average Bonchev–Trinajstić information content (AvgIpc) is 2.68. The standard InChI is InChI=1S/C23H36O4/c1-3-20(24)12-10-8-6-4-5-7-9-11-13-21(25)16-14-19-15-17-22(26)23(18-19)27-2/h15,17-18,26H,3-14,16H2,1-2H3. The largest absolute Gasteiger partial charge is 0.504 e. The monoisotopic (exact) mass is 376 g/mol. The number of hydrogen-bond donors (Lipinski definition) is 1. The summed E-state index contributed by atoms with van der Waals surface area (Å²) in [5.74, 6) is 1.27. The summed E-state index contributed by atoms with van der Waals surface area (Å²) in [6.07, 6.45) is 12.5. The van der Waals surface area contributed by atoms with Crippen LogP contribution in [0, 0.1) is 0 Å². The van der Waals surface area contributed by atoms with E-state index in [1.165, 1.54) is 32.8 Å². The van der Waals surface area contributed by atoms with Crippen molar-refractivity contribution in [3.05, 3.63) is 23.8 Å². The van der Waals surface area contributed by atoms with Crippen LogP contribution in [0.2, 0.25) is 0 Å². The highest BCUT2D eigenvalue weighted by atomic mass is 16.5. The van der Waals surface area contributed by atoms with Crippen LogP contribution in [0.25, 0.3) is 0 Å². The highest BCUT2D eigenvalue weighted by molar-refractivity contribution is 5.78. The van der Waals surface area contributed by atoms with Crippen molar-refractivity contribution < 1.29 is 19.4 Å². The van der Waals surface area contributed by atoms with Gasteiger partial charge in [0.1, 0.15) is 11.6 Å². The van der Waals surface area contributed by atoms with Crippen LogP contribution in [-0.4, -0.2) is 23.8 Å². The molecule has 0 heterocycles. The molecule has 0 bridgehead atoms. The minimum absolute atomic E-state index is 0.127. The summed E-state index contributed by atoms with van der Waals surface area (Å²) in [5, 5.41) is 9.59. The molecule has 1 aromatic rings. The van der Waals surface area contributed by atoms with Gasteiger partial charge in [-0.15, -0.1) is 0 Å². The van der Waals surface area contributed by atoms with E-state index in [0.29, 0.717) is 43.0 Å². The van der Waals surface area contributed by atoms with Crippen molar-refractivity contribution in [3.63, 3.8) is 0 Å². The van der Waals surface area contributed by atoms with E-state index in [9.17, 15) is 14.7 Å². The van der Waals surface area contributed by atoms with Gasteiger partial charge in [0.05, 0.1) is 7.11 Å². The summed E-state index contributed by atoms with van der Waals surface area (Å²) >= 11 is 0. The summed E-state index contributed by atoms with van der Waals surface area (Å²) in [6, 6.07) is 5.24. The fraction of sp³-hybridized carbons (Fsp3) is 0.652. The maximum Gasteiger partial charge on any atom is 0.160 e. The topological polar surface area (TPSA) is 63.6 Å². The molecule has 1 rings (SSSR count). The number of carbonyl (C=O) groups is 2. The number of Topliss-reactive ketones (excluding diaryl/α,β-unsaturated/α-hetero) is 2. The molecule has 0 saturated carbocycles. The quantitative estimate of drug-likeness (QED) is 0.371. The normalized spacial score (nSPS) is 10.7. The Labute approximate surface area is 164 Å². The van der Waals surface area contributed by atoms with Crippen LogP contribution in [0.3, 0.4) is 0 Å². The number of carbonyl (C=O) groups excluding carboxylic acids is 2. The van der Waals surface area contributed by atoms with Gasteiger partial charge in [-0.1, -0.05) is 51.5 Å². The molecule has 0 aliphatic heterocycles. The van der Waals surface area contributed by atoms with E-state index in [2.05, 4.69) is 0 Å². The van der Waals surface area contributed by atoms with E-state index < -0.39 is 0 Å². The summed E-state index contributed by atoms with van der Waals surface area (Å²) in [4.78, 5) is 23.2. The number of aryl methyl sites for hydroxylation is 1. The van der Waals surface area contributed by atoms with E-state index in [4.69, 9.17) is 4.74 Å². The smallest absolute Gasteiger partial charge is 0.160 e. The zero-order valence-corrected chi connectivity index (χ0v) is 17.1.